The Hall–Kier alpha value is 0.410. The van der Waals surface area contributed by atoms with Crippen molar-refractivity contribution in [1.82, 2.24) is 0 Å². The van der Waals surface area contributed by atoms with Gasteiger partial charge in [0.15, 0.2) is 0 Å². The third-order valence-corrected chi connectivity index (χ3v) is 3.51. The summed E-state index contributed by atoms with van der Waals surface area (Å²) in [6.07, 6.45) is -1.62. The average Bonchev–Trinajstić information content (AvgIpc) is 2.03. The molecule has 0 aliphatic heterocycles. The lowest BCUT2D eigenvalue weighted by Crippen LogP contribution is -2.27. The van der Waals surface area contributed by atoms with Crippen molar-refractivity contribution in [2.24, 2.45) is 0 Å². The first-order valence-corrected chi connectivity index (χ1v) is 6.01. The molecule has 4 N–H and O–H groups in total. The molecular weight excluding hydrogens is 200 g/mol. The van der Waals surface area contributed by atoms with Crippen molar-refractivity contribution in [3.8, 4) is 0 Å². The van der Waals surface area contributed by atoms with Crippen molar-refractivity contribution in [3.05, 3.63) is 0 Å². The lowest BCUT2D eigenvalue weighted by molar-refractivity contribution is 0.109. The van der Waals surface area contributed by atoms with E-state index in [0.29, 0.717) is 11.5 Å². The van der Waals surface area contributed by atoms with Crippen LogP contribution in [0.5, 0.6) is 0 Å². The minimum atomic E-state index is -0.809. The molecule has 2 atom stereocenters. The molecule has 0 fully saturated rings. The van der Waals surface area contributed by atoms with E-state index in [1.165, 1.54) is 0 Å². The molecule has 0 amide bonds. The van der Waals surface area contributed by atoms with E-state index in [2.05, 4.69) is 0 Å². The molecule has 0 aliphatic rings. The molecule has 4 nitrogen and oxygen atoms in total. The molecule has 0 radical (unpaired) electrons. The highest BCUT2D eigenvalue weighted by atomic mass is 32.8. The van der Waals surface area contributed by atoms with Gasteiger partial charge in [0.05, 0.1) is 25.4 Å². The molecule has 2 unspecified atom stereocenters. The fraction of sp³-hybridized carbons (Fsp3) is 1.00. The topological polar surface area (TPSA) is 80.9 Å². The summed E-state index contributed by atoms with van der Waals surface area (Å²) in [5.74, 6) is 0.589. The average molecular weight is 214 g/mol. The molecule has 12 heavy (non-hydrogen) atoms. The Balaban J connectivity index is 3.59. The summed E-state index contributed by atoms with van der Waals surface area (Å²) in [5.41, 5.74) is 0. The van der Waals surface area contributed by atoms with Gasteiger partial charge in [-0.15, -0.1) is 9.45 Å². The van der Waals surface area contributed by atoms with Gasteiger partial charge < -0.3 is 20.4 Å². The van der Waals surface area contributed by atoms with E-state index in [4.69, 9.17) is 31.6 Å². The first kappa shape index (κ1) is 12.4. The van der Waals surface area contributed by atoms with Gasteiger partial charge in [0.25, 0.3) is 0 Å². The number of aliphatic hydroxyl groups is 4. The van der Waals surface area contributed by atoms with Crippen LogP contribution in [0.3, 0.4) is 0 Å². The predicted molar refractivity (Wildman–Crippen MR) is 50.6 cm³/mol. The second-order valence-corrected chi connectivity index (χ2v) is 5.41. The SMILES string of the molecule is OCC(O)CS(=S)CC(O)CO. The highest BCUT2D eigenvalue weighted by molar-refractivity contribution is 8.28. The lowest BCUT2D eigenvalue weighted by atomic mass is 10.4. The van der Waals surface area contributed by atoms with Crippen LogP contribution in [0.4, 0.5) is 0 Å². The third-order valence-electron chi connectivity index (χ3n) is 1.18. The Kier molecular flexibility index (Phi) is 7.11. The molecule has 74 valence electrons. The minimum absolute atomic E-state index is 0.295. The van der Waals surface area contributed by atoms with E-state index in [0.717, 1.165) is 0 Å². The highest BCUT2D eigenvalue weighted by Crippen LogP contribution is 1.93. The largest absolute Gasteiger partial charge is 0.394 e. The van der Waals surface area contributed by atoms with Gasteiger partial charge in [-0.3, -0.25) is 0 Å². The number of rotatable bonds is 6. The van der Waals surface area contributed by atoms with Crippen LogP contribution in [-0.2, 0) is 20.6 Å². The van der Waals surface area contributed by atoms with Gasteiger partial charge in [-0.2, -0.15) is 0 Å². The van der Waals surface area contributed by atoms with Crippen LogP contribution in [0.25, 0.3) is 0 Å². The van der Waals surface area contributed by atoms with E-state index in [1.54, 1.807) is 0 Å². The minimum Gasteiger partial charge on any atom is -0.394 e. The molecule has 0 bridgehead atoms. The Morgan fingerprint density at radius 2 is 1.33 bits per heavy atom. The fourth-order valence-corrected chi connectivity index (χ4v) is 2.75. The Morgan fingerprint density at radius 1 is 1.00 bits per heavy atom. The monoisotopic (exact) mass is 214 g/mol. The summed E-state index contributed by atoms with van der Waals surface area (Å²) in [6, 6.07) is 0. The van der Waals surface area contributed by atoms with E-state index >= 15 is 0 Å². The van der Waals surface area contributed by atoms with E-state index in [1.807, 2.05) is 0 Å². The molecule has 0 saturated heterocycles. The second kappa shape index (κ2) is 6.88. The zero-order valence-corrected chi connectivity index (χ0v) is 8.22. The van der Waals surface area contributed by atoms with Gasteiger partial charge in [0.1, 0.15) is 0 Å². The third kappa shape index (κ3) is 5.99. The van der Waals surface area contributed by atoms with Crippen LogP contribution < -0.4 is 0 Å². The van der Waals surface area contributed by atoms with Gasteiger partial charge in [-0.05, 0) is 0 Å². The van der Waals surface area contributed by atoms with Crippen molar-refractivity contribution >= 4 is 20.6 Å². The zero-order chi connectivity index (χ0) is 9.56. The van der Waals surface area contributed by atoms with Crippen molar-refractivity contribution < 1.29 is 20.4 Å². The van der Waals surface area contributed by atoms with Crippen LogP contribution >= 0.6 is 0 Å². The summed E-state index contributed by atoms with van der Waals surface area (Å²) in [6.45, 7) is -0.620. The Bertz CT molecular complexity index is 128. The van der Waals surface area contributed by atoms with Gasteiger partial charge in [-0.1, -0.05) is 11.2 Å². The van der Waals surface area contributed by atoms with E-state index < -0.39 is 21.7 Å². The van der Waals surface area contributed by atoms with Gasteiger partial charge >= 0.3 is 0 Å². The van der Waals surface area contributed by atoms with E-state index in [9.17, 15) is 0 Å². The Labute approximate surface area is 78.4 Å². The fourth-order valence-electron chi connectivity index (χ4n) is 0.603. The second-order valence-electron chi connectivity index (χ2n) is 2.45. The molecular formula is C6H14O4S2. The maximum Gasteiger partial charge on any atom is 0.0864 e. The van der Waals surface area contributed by atoms with Crippen LogP contribution in [0, 0.1) is 0 Å². The van der Waals surface area contributed by atoms with Crippen molar-refractivity contribution in [1.29, 1.82) is 0 Å². The highest BCUT2D eigenvalue weighted by Gasteiger charge is 2.09. The van der Waals surface area contributed by atoms with Gasteiger partial charge in [-0.25, -0.2) is 0 Å². The molecule has 6 heteroatoms. The van der Waals surface area contributed by atoms with Crippen LogP contribution in [0.15, 0.2) is 0 Å². The molecule has 0 aromatic carbocycles. The normalized spacial score (nSPS) is 18.7. The predicted octanol–water partition coefficient (Wildman–Crippen LogP) is -2.23. The quantitative estimate of drug-likeness (QED) is 0.402. The van der Waals surface area contributed by atoms with E-state index in [-0.39, 0.29) is 13.2 Å². The molecule has 0 aromatic rings. The summed E-state index contributed by atoms with van der Waals surface area (Å²) < 4.78 is 0. The van der Waals surface area contributed by atoms with Crippen molar-refractivity contribution in [2.45, 2.75) is 12.2 Å². The standard InChI is InChI=1S/C6H14O4S2/c7-1-5(9)3-12(11)4-6(10)2-8/h5-10H,1-4H2. The van der Waals surface area contributed by atoms with Crippen LogP contribution in [0.1, 0.15) is 0 Å². The number of hydrogen-bond acceptors (Lipinski definition) is 5. The molecule has 0 aliphatic carbocycles. The molecule has 0 heterocycles. The molecule has 0 aromatic heterocycles. The zero-order valence-electron chi connectivity index (χ0n) is 6.59. The Morgan fingerprint density at radius 3 is 1.58 bits per heavy atom. The summed E-state index contributed by atoms with van der Waals surface area (Å²) in [7, 11) is -0.567. The number of hydrogen-bond donors (Lipinski definition) is 4. The molecule has 0 spiro atoms. The smallest absolute Gasteiger partial charge is 0.0864 e. The van der Waals surface area contributed by atoms with Gasteiger partial charge in [0, 0.05) is 11.5 Å². The maximum atomic E-state index is 8.96. The summed E-state index contributed by atoms with van der Waals surface area (Å²) in [5, 5.41) is 34.9. The van der Waals surface area contributed by atoms with Crippen LogP contribution in [-0.4, -0.2) is 57.4 Å². The molecule has 0 rings (SSSR count). The van der Waals surface area contributed by atoms with Crippen molar-refractivity contribution in [3.63, 3.8) is 0 Å². The molecule has 0 saturated carbocycles. The van der Waals surface area contributed by atoms with Crippen LogP contribution in [0.2, 0.25) is 0 Å². The number of aliphatic hydroxyl groups excluding tert-OH is 4. The first-order valence-electron chi connectivity index (χ1n) is 3.53. The summed E-state index contributed by atoms with van der Waals surface area (Å²) in [4.78, 5) is 0. The van der Waals surface area contributed by atoms with Crippen molar-refractivity contribution in [2.75, 3.05) is 24.7 Å². The summed E-state index contributed by atoms with van der Waals surface area (Å²) >= 11 is 4.91. The lowest BCUT2D eigenvalue weighted by Gasteiger charge is -2.11. The van der Waals surface area contributed by atoms with Gasteiger partial charge in [0.2, 0.25) is 0 Å². The first-order chi connectivity index (χ1) is 5.60. The maximum absolute atomic E-state index is 8.96.